The molecule has 19 heavy (non-hydrogen) atoms. The van der Waals surface area contributed by atoms with Crippen LogP contribution in [0.25, 0.3) is 11.3 Å². The molecule has 0 atom stereocenters. The van der Waals surface area contributed by atoms with E-state index in [0.717, 1.165) is 12.2 Å². The fourth-order valence-corrected chi connectivity index (χ4v) is 2.61. The Hall–Kier alpha value is -1.61. The van der Waals surface area contributed by atoms with Crippen molar-refractivity contribution >= 4 is 0 Å². The molecule has 3 heteroatoms. The Kier molecular flexibility index (Phi) is 3.76. The first-order valence-electron chi connectivity index (χ1n) is 6.70. The lowest BCUT2D eigenvalue weighted by atomic mass is 9.91. The molecule has 0 unspecified atom stereocenters. The highest BCUT2D eigenvalue weighted by Gasteiger charge is 2.17. The van der Waals surface area contributed by atoms with Gasteiger partial charge >= 0.3 is 0 Å². The zero-order valence-electron chi connectivity index (χ0n) is 12.8. The summed E-state index contributed by atoms with van der Waals surface area (Å²) in [5.41, 5.74) is 8.97. The molecular weight excluding hydrogens is 234 g/mol. The number of hydrogen-bond donors (Lipinski definition) is 1. The summed E-state index contributed by atoms with van der Waals surface area (Å²) in [5, 5.41) is 3.23. The van der Waals surface area contributed by atoms with Gasteiger partial charge in [-0.3, -0.25) is 0 Å². The fourth-order valence-electron chi connectivity index (χ4n) is 2.61. The monoisotopic (exact) mass is 257 g/mol. The van der Waals surface area contributed by atoms with Crippen LogP contribution in [0.5, 0.6) is 0 Å². The summed E-state index contributed by atoms with van der Waals surface area (Å²) in [7, 11) is 4.02. The maximum Gasteiger partial charge on any atom is 0.0953 e. The van der Waals surface area contributed by atoms with Gasteiger partial charge in [0.1, 0.15) is 0 Å². The van der Waals surface area contributed by atoms with Crippen LogP contribution in [0.15, 0.2) is 12.4 Å². The molecule has 0 fully saturated rings. The molecule has 3 nitrogen and oxygen atoms in total. The molecule has 1 N–H and O–H groups in total. The summed E-state index contributed by atoms with van der Waals surface area (Å²) >= 11 is 0. The van der Waals surface area contributed by atoms with Crippen LogP contribution in [-0.4, -0.2) is 16.6 Å². The summed E-state index contributed by atoms with van der Waals surface area (Å²) in [4.78, 5) is 4.63. The molecule has 2 aromatic rings. The molecule has 0 aliphatic carbocycles. The highest BCUT2D eigenvalue weighted by molar-refractivity contribution is 5.72. The van der Waals surface area contributed by atoms with Crippen LogP contribution in [0.3, 0.4) is 0 Å². The van der Waals surface area contributed by atoms with Crippen molar-refractivity contribution in [3.8, 4) is 11.3 Å². The Morgan fingerprint density at radius 3 is 2.21 bits per heavy atom. The molecule has 0 bridgehead atoms. The van der Waals surface area contributed by atoms with Gasteiger partial charge in [0.05, 0.1) is 17.7 Å². The van der Waals surface area contributed by atoms with E-state index in [1.165, 1.54) is 33.5 Å². The van der Waals surface area contributed by atoms with Gasteiger partial charge in [0.2, 0.25) is 0 Å². The molecule has 0 radical (unpaired) electrons. The van der Waals surface area contributed by atoms with Crippen molar-refractivity contribution in [3.05, 3.63) is 40.3 Å². The number of nitrogens with zero attached hydrogens (tertiary/aromatic N) is 2. The molecule has 1 aromatic carbocycles. The fraction of sp³-hybridized carbons (Fsp3) is 0.438. The van der Waals surface area contributed by atoms with Crippen LogP contribution < -0.4 is 5.32 Å². The number of aromatic nitrogens is 2. The molecular formula is C16H23N3. The van der Waals surface area contributed by atoms with E-state index < -0.39 is 0 Å². The van der Waals surface area contributed by atoms with E-state index in [1.54, 1.807) is 0 Å². The van der Waals surface area contributed by atoms with Gasteiger partial charge in [-0.15, -0.1) is 0 Å². The largest absolute Gasteiger partial charge is 0.336 e. The van der Waals surface area contributed by atoms with Gasteiger partial charge < -0.3 is 9.88 Å². The topological polar surface area (TPSA) is 29.9 Å². The first kappa shape index (κ1) is 13.8. The normalized spacial score (nSPS) is 11.1. The number of aryl methyl sites for hydroxylation is 3. The van der Waals surface area contributed by atoms with Crippen LogP contribution >= 0.6 is 0 Å². The van der Waals surface area contributed by atoms with Crippen molar-refractivity contribution in [2.24, 2.45) is 7.05 Å². The molecule has 0 aliphatic rings. The number of rotatable bonds is 3. The van der Waals surface area contributed by atoms with Crippen LogP contribution in [0, 0.1) is 27.7 Å². The van der Waals surface area contributed by atoms with Crippen molar-refractivity contribution < 1.29 is 0 Å². The van der Waals surface area contributed by atoms with Gasteiger partial charge in [-0.2, -0.15) is 0 Å². The van der Waals surface area contributed by atoms with E-state index in [1.807, 2.05) is 13.4 Å². The lowest BCUT2D eigenvalue weighted by Crippen LogP contribution is -2.10. The van der Waals surface area contributed by atoms with Gasteiger partial charge in [-0.1, -0.05) is 6.07 Å². The van der Waals surface area contributed by atoms with E-state index in [-0.39, 0.29) is 0 Å². The lowest BCUT2D eigenvalue weighted by molar-refractivity contribution is 0.735. The Morgan fingerprint density at radius 2 is 1.68 bits per heavy atom. The predicted octanol–water partition coefficient (Wildman–Crippen LogP) is 3.04. The van der Waals surface area contributed by atoms with Gasteiger partial charge in [-0.05, 0) is 57.0 Å². The average molecular weight is 257 g/mol. The second-order valence-corrected chi connectivity index (χ2v) is 5.32. The Bertz CT molecular complexity index is 583. The summed E-state index contributed by atoms with van der Waals surface area (Å²) in [5.74, 6) is 0. The minimum absolute atomic E-state index is 0.831. The van der Waals surface area contributed by atoms with Crippen molar-refractivity contribution in [1.29, 1.82) is 0 Å². The van der Waals surface area contributed by atoms with E-state index in [4.69, 9.17) is 0 Å². The van der Waals surface area contributed by atoms with E-state index >= 15 is 0 Å². The number of nitrogens with one attached hydrogen (secondary N) is 1. The molecule has 0 saturated heterocycles. The molecule has 1 heterocycles. The number of benzene rings is 1. The molecule has 0 saturated carbocycles. The van der Waals surface area contributed by atoms with Gasteiger partial charge in [0, 0.05) is 19.2 Å². The third-order valence-corrected chi connectivity index (χ3v) is 4.01. The standard InChI is InChI=1S/C16H23N3/c1-10-7-11(2)13(4)15(12(10)3)16-14(8-17-5)19(6)9-18-16/h7,9,17H,8H2,1-6H3. The molecule has 102 valence electrons. The Labute approximate surface area is 115 Å². The second kappa shape index (κ2) is 5.17. The van der Waals surface area contributed by atoms with Crippen LogP contribution in [0.1, 0.15) is 27.9 Å². The molecule has 1 aromatic heterocycles. The number of hydrogen-bond acceptors (Lipinski definition) is 2. The minimum Gasteiger partial charge on any atom is -0.336 e. The van der Waals surface area contributed by atoms with Gasteiger partial charge in [-0.25, -0.2) is 4.98 Å². The third kappa shape index (κ3) is 2.30. The summed E-state index contributed by atoms with van der Waals surface area (Å²) < 4.78 is 2.10. The molecule has 0 spiro atoms. The van der Waals surface area contributed by atoms with Crippen molar-refractivity contribution in [2.45, 2.75) is 34.2 Å². The maximum atomic E-state index is 4.63. The third-order valence-electron chi connectivity index (χ3n) is 4.01. The summed E-state index contributed by atoms with van der Waals surface area (Å²) in [6, 6.07) is 2.26. The van der Waals surface area contributed by atoms with Crippen LogP contribution in [0.4, 0.5) is 0 Å². The minimum atomic E-state index is 0.831. The molecule has 0 amide bonds. The predicted molar refractivity (Wildman–Crippen MR) is 80.4 cm³/mol. The molecule has 2 rings (SSSR count). The van der Waals surface area contributed by atoms with Crippen LogP contribution in [0.2, 0.25) is 0 Å². The second-order valence-electron chi connectivity index (χ2n) is 5.32. The summed E-state index contributed by atoms with van der Waals surface area (Å²) in [6.45, 7) is 9.56. The first-order chi connectivity index (χ1) is 8.97. The highest BCUT2D eigenvalue weighted by Crippen LogP contribution is 2.32. The zero-order valence-corrected chi connectivity index (χ0v) is 12.8. The van der Waals surface area contributed by atoms with Crippen molar-refractivity contribution in [1.82, 2.24) is 14.9 Å². The Morgan fingerprint density at radius 1 is 1.11 bits per heavy atom. The zero-order chi connectivity index (χ0) is 14.2. The lowest BCUT2D eigenvalue weighted by Gasteiger charge is -2.15. The average Bonchev–Trinajstić information content (AvgIpc) is 2.71. The van der Waals surface area contributed by atoms with Gasteiger partial charge in [0.15, 0.2) is 0 Å². The van der Waals surface area contributed by atoms with Crippen LogP contribution in [-0.2, 0) is 13.6 Å². The van der Waals surface area contributed by atoms with Gasteiger partial charge in [0.25, 0.3) is 0 Å². The number of imidazole rings is 1. The van der Waals surface area contributed by atoms with Crippen molar-refractivity contribution in [2.75, 3.05) is 7.05 Å². The Balaban J connectivity index is 2.72. The maximum absolute atomic E-state index is 4.63. The quantitative estimate of drug-likeness (QED) is 0.916. The first-order valence-corrected chi connectivity index (χ1v) is 6.70. The van der Waals surface area contributed by atoms with E-state index in [9.17, 15) is 0 Å². The SMILES string of the molecule is CNCc1c(-c2c(C)c(C)cc(C)c2C)ncn1C. The van der Waals surface area contributed by atoms with E-state index in [2.05, 4.69) is 55.7 Å². The van der Waals surface area contributed by atoms with E-state index in [0.29, 0.717) is 0 Å². The smallest absolute Gasteiger partial charge is 0.0953 e. The van der Waals surface area contributed by atoms with Crippen molar-refractivity contribution in [3.63, 3.8) is 0 Å². The highest BCUT2D eigenvalue weighted by atomic mass is 15.1. The summed E-state index contributed by atoms with van der Waals surface area (Å²) in [6.07, 6.45) is 1.90. The molecule has 0 aliphatic heterocycles.